The van der Waals surface area contributed by atoms with Crippen LogP contribution in [0.15, 0.2) is 24.3 Å². The van der Waals surface area contributed by atoms with Gasteiger partial charge in [0.15, 0.2) is 5.13 Å². The van der Waals surface area contributed by atoms with E-state index in [2.05, 4.69) is 22.0 Å². The molecule has 18 heavy (non-hydrogen) atoms. The predicted molar refractivity (Wildman–Crippen MR) is 73.4 cm³/mol. The first-order chi connectivity index (χ1) is 8.86. The summed E-state index contributed by atoms with van der Waals surface area (Å²) in [7, 11) is 1.73. The molecule has 0 bridgehead atoms. The van der Waals surface area contributed by atoms with Gasteiger partial charge >= 0.3 is 0 Å². The molecule has 3 rings (SSSR count). The summed E-state index contributed by atoms with van der Waals surface area (Å²) in [5.41, 5.74) is 1.07. The number of nitrogens with zero attached hydrogens (tertiary/aromatic N) is 2. The molecule has 0 saturated carbocycles. The molecule has 2 aromatic rings. The largest absolute Gasteiger partial charge is 0.377 e. The third-order valence-electron chi connectivity index (χ3n) is 3.12. The molecule has 1 aromatic carbocycles. The fourth-order valence-electron chi connectivity index (χ4n) is 2.09. The topological polar surface area (TPSA) is 34.6 Å². The highest BCUT2D eigenvalue weighted by molar-refractivity contribution is 7.22. The van der Waals surface area contributed by atoms with Crippen molar-refractivity contribution in [2.75, 3.05) is 38.3 Å². The van der Waals surface area contributed by atoms with Gasteiger partial charge in [0, 0.05) is 20.2 Å². The molecule has 96 valence electrons. The number of hydrogen-bond donors (Lipinski definition) is 0. The summed E-state index contributed by atoms with van der Waals surface area (Å²) in [4.78, 5) is 6.94. The van der Waals surface area contributed by atoms with Gasteiger partial charge in [-0.25, -0.2) is 4.98 Å². The highest BCUT2D eigenvalue weighted by Gasteiger charge is 2.20. The lowest BCUT2D eigenvalue weighted by molar-refractivity contribution is 0.0286. The van der Waals surface area contributed by atoms with E-state index in [0.29, 0.717) is 6.61 Å². The average Bonchev–Trinajstić information content (AvgIpc) is 2.69. The van der Waals surface area contributed by atoms with E-state index in [1.807, 2.05) is 12.1 Å². The fourth-order valence-corrected chi connectivity index (χ4v) is 3.09. The number of benzene rings is 1. The molecular formula is C13H16N2O2S. The second-order valence-electron chi connectivity index (χ2n) is 4.34. The van der Waals surface area contributed by atoms with Crippen molar-refractivity contribution in [3.8, 4) is 0 Å². The summed E-state index contributed by atoms with van der Waals surface area (Å²) in [6.07, 6.45) is 0.125. The normalized spacial score (nSPS) is 21.2. The van der Waals surface area contributed by atoms with E-state index >= 15 is 0 Å². The number of ether oxygens (including phenoxy) is 2. The second-order valence-corrected chi connectivity index (χ2v) is 5.35. The Morgan fingerprint density at radius 1 is 1.44 bits per heavy atom. The van der Waals surface area contributed by atoms with Gasteiger partial charge in [-0.15, -0.1) is 0 Å². The van der Waals surface area contributed by atoms with Crippen molar-refractivity contribution in [1.82, 2.24) is 4.98 Å². The summed E-state index contributed by atoms with van der Waals surface area (Å²) in [5, 5.41) is 1.06. The number of aromatic nitrogens is 1. The van der Waals surface area contributed by atoms with Gasteiger partial charge in [-0.2, -0.15) is 0 Å². The molecule has 1 aliphatic heterocycles. The van der Waals surface area contributed by atoms with E-state index in [0.717, 1.165) is 30.3 Å². The minimum Gasteiger partial charge on any atom is -0.377 e. The van der Waals surface area contributed by atoms with Crippen LogP contribution in [-0.2, 0) is 9.47 Å². The first kappa shape index (κ1) is 11.9. The first-order valence-electron chi connectivity index (χ1n) is 6.08. The number of anilines is 1. The third kappa shape index (κ3) is 2.34. The summed E-state index contributed by atoms with van der Waals surface area (Å²) < 4.78 is 12.2. The van der Waals surface area contributed by atoms with Gasteiger partial charge in [0.1, 0.15) is 0 Å². The number of thiazole rings is 1. The van der Waals surface area contributed by atoms with E-state index in [4.69, 9.17) is 9.47 Å². The molecule has 1 aromatic heterocycles. The molecule has 0 amide bonds. The molecule has 1 aliphatic rings. The SMILES string of the molecule is CO[C@H]1COCCN(c2nc3ccccc3s2)C1. The Kier molecular flexibility index (Phi) is 3.45. The van der Waals surface area contributed by atoms with Gasteiger partial charge in [0.05, 0.1) is 29.5 Å². The lowest BCUT2D eigenvalue weighted by Gasteiger charge is -2.21. The van der Waals surface area contributed by atoms with Crippen LogP contribution in [0.3, 0.4) is 0 Å². The Morgan fingerprint density at radius 2 is 2.33 bits per heavy atom. The summed E-state index contributed by atoms with van der Waals surface area (Å²) in [6, 6.07) is 8.24. The highest BCUT2D eigenvalue weighted by Crippen LogP contribution is 2.29. The minimum atomic E-state index is 0.125. The first-order valence-corrected chi connectivity index (χ1v) is 6.89. The lowest BCUT2D eigenvalue weighted by atomic mass is 10.3. The molecular weight excluding hydrogens is 248 g/mol. The third-order valence-corrected chi connectivity index (χ3v) is 4.22. The van der Waals surface area contributed by atoms with Crippen molar-refractivity contribution in [2.24, 2.45) is 0 Å². The maximum absolute atomic E-state index is 5.53. The smallest absolute Gasteiger partial charge is 0.186 e. The Labute approximate surface area is 110 Å². The zero-order valence-electron chi connectivity index (χ0n) is 10.3. The number of hydrogen-bond acceptors (Lipinski definition) is 5. The van der Waals surface area contributed by atoms with Crippen molar-refractivity contribution < 1.29 is 9.47 Å². The molecule has 0 radical (unpaired) electrons. The van der Waals surface area contributed by atoms with Crippen molar-refractivity contribution in [3.05, 3.63) is 24.3 Å². The highest BCUT2D eigenvalue weighted by atomic mass is 32.1. The summed E-state index contributed by atoms with van der Waals surface area (Å²) >= 11 is 1.73. The van der Waals surface area contributed by atoms with Crippen LogP contribution in [0, 0.1) is 0 Å². The van der Waals surface area contributed by atoms with Crippen molar-refractivity contribution in [2.45, 2.75) is 6.10 Å². The van der Waals surface area contributed by atoms with Gasteiger partial charge in [0.2, 0.25) is 0 Å². The standard InChI is InChI=1S/C13H16N2O2S/c1-16-10-8-15(6-7-17-9-10)13-14-11-4-2-3-5-12(11)18-13/h2-5,10H,6-9H2,1H3/t10-/m1/s1. The van der Waals surface area contributed by atoms with Crippen LogP contribution in [-0.4, -0.2) is 44.5 Å². The Balaban J connectivity index is 1.87. The molecule has 0 spiro atoms. The molecule has 0 N–H and O–H groups in total. The molecule has 4 nitrogen and oxygen atoms in total. The van der Waals surface area contributed by atoms with Gasteiger partial charge in [-0.05, 0) is 12.1 Å². The number of para-hydroxylation sites is 1. The zero-order valence-corrected chi connectivity index (χ0v) is 11.2. The number of rotatable bonds is 2. The number of fused-ring (bicyclic) bond motifs is 1. The second kappa shape index (κ2) is 5.22. The van der Waals surface area contributed by atoms with E-state index in [1.165, 1.54) is 4.70 Å². The maximum Gasteiger partial charge on any atom is 0.186 e. The van der Waals surface area contributed by atoms with Crippen molar-refractivity contribution >= 4 is 26.7 Å². The fraction of sp³-hybridized carbons (Fsp3) is 0.462. The lowest BCUT2D eigenvalue weighted by Crippen LogP contribution is -2.33. The summed E-state index contributed by atoms with van der Waals surface area (Å²) in [5.74, 6) is 0. The Bertz CT molecular complexity index is 495. The molecule has 1 fully saturated rings. The Morgan fingerprint density at radius 3 is 3.17 bits per heavy atom. The molecule has 1 saturated heterocycles. The van der Waals surface area contributed by atoms with Gasteiger partial charge < -0.3 is 14.4 Å². The van der Waals surface area contributed by atoms with E-state index < -0.39 is 0 Å². The molecule has 0 aliphatic carbocycles. The number of methoxy groups -OCH3 is 1. The quantitative estimate of drug-likeness (QED) is 0.832. The van der Waals surface area contributed by atoms with Crippen molar-refractivity contribution in [1.29, 1.82) is 0 Å². The molecule has 2 heterocycles. The average molecular weight is 264 g/mol. The Hall–Kier alpha value is -1.17. The summed E-state index contributed by atoms with van der Waals surface area (Å²) in [6.45, 7) is 3.11. The molecule has 0 unspecified atom stereocenters. The van der Waals surface area contributed by atoms with Gasteiger partial charge in [0.25, 0.3) is 0 Å². The van der Waals surface area contributed by atoms with Crippen LogP contribution in [0.25, 0.3) is 10.2 Å². The zero-order chi connectivity index (χ0) is 12.4. The van der Waals surface area contributed by atoms with E-state index in [-0.39, 0.29) is 6.10 Å². The molecule has 1 atom stereocenters. The molecule has 5 heteroatoms. The monoisotopic (exact) mass is 264 g/mol. The van der Waals surface area contributed by atoms with Crippen LogP contribution in [0.4, 0.5) is 5.13 Å². The van der Waals surface area contributed by atoms with Gasteiger partial charge in [-0.3, -0.25) is 0 Å². The van der Waals surface area contributed by atoms with Gasteiger partial charge in [-0.1, -0.05) is 23.5 Å². The van der Waals surface area contributed by atoms with Crippen LogP contribution in [0.2, 0.25) is 0 Å². The van der Waals surface area contributed by atoms with Crippen LogP contribution < -0.4 is 4.90 Å². The maximum atomic E-state index is 5.53. The van der Waals surface area contributed by atoms with Crippen LogP contribution in [0.1, 0.15) is 0 Å². The van der Waals surface area contributed by atoms with Crippen LogP contribution >= 0.6 is 11.3 Å². The minimum absolute atomic E-state index is 0.125. The van der Waals surface area contributed by atoms with E-state index in [1.54, 1.807) is 18.4 Å². The van der Waals surface area contributed by atoms with Crippen molar-refractivity contribution in [3.63, 3.8) is 0 Å². The van der Waals surface area contributed by atoms with Crippen LogP contribution in [0.5, 0.6) is 0 Å². The predicted octanol–water partition coefficient (Wildman–Crippen LogP) is 2.15. The van der Waals surface area contributed by atoms with E-state index in [9.17, 15) is 0 Å².